The van der Waals surface area contributed by atoms with E-state index in [0.29, 0.717) is 18.0 Å². The molecule has 2 aromatic carbocycles. The van der Waals surface area contributed by atoms with Crippen molar-refractivity contribution in [1.29, 1.82) is 0 Å². The van der Waals surface area contributed by atoms with Crippen molar-refractivity contribution in [3.05, 3.63) is 53.6 Å². The topological polar surface area (TPSA) is 76.2 Å². The van der Waals surface area contributed by atoms with Gasteiger partial charge in [-0.3, -0.25) is 4.79 Å². The van der Waals surface area contributed by atoms with Crippen molar-refractivity contribution < 1.29 is 14.6 Å². The smallest absolute Gasteiger partial charge is 0.302 e. The van der Waals surface area contributed by atoms with Crippen LogP contribution in [0.1, 0.15) is 18.1 Å². The molecule has 3 aromatic rings. The van der Waals surface area contributed by atoms with Gasteiger partial charge in [0.15, 0.2) is 12.3 Å². The molecule has 0 bridgehead atoms. The standard InChI is InChI=1S/C20H21N3O3/c1-4-23-17-8-6-5-7-16(17)19(20(23)25)22-21-18(24)12-26-15-10-9-13(2)14(3)11-15/h5-11,25H,4,12H2,1-3H3. The van der Waals surface area contributed by atoms with Crippen LogP contribution in [0.25, 0.3) is 10.9 Å². The van der Waals surface area contributed by atoms with E-state index >= 15 is 0 Å². The second-order valence-electron chi connectivity index (χ2n) is 6.06. The summed E-state index contributed by atoms with van der Waals surface area (Å²) in [4.78, 5) is 12.0. The Labute approximate surface area is 151 Å². The summed E-state index contributed by atoms with van der Waals surface area (Å²) in [5, 5.41) is 18.8. The zero-order chi connectivity index (χ0) is 18.7. The van der Waals surface area contributed by atoms with Crippen molar-refractivity contribution in [2.24, 2.45) is 10.2 Å². The summed E-state index contributed by atoms with van der Waals surface area (Å²) in [5.74, 6) is 0.0957. The third-order valence-corrected chi connectivity index (χ3v) is 4.34. The first kappa shape index (κ1) is 17.7. The third kappa shape index (κ3) is 3.44. The molecular formula is C20H21N3O3. The molecule has 0 atom stereocenters. The molecule has 0 radical (unpaired) electrons. The predicted octanol–water partition coefficient (Wildman–Crippen LogP) is 4.67. The number of ether oxygens (including phenoxy) is 1. The number of nitrogens with zero attached hydrogens (tertiary/aromatic N) is 3. The van der Waals surface area contributed by atoms with Gasteiger partial charge in [0.05, 0.1) is 5.52 Å². The van der Waals surface area contributed by atoms with Gasteiger partial charge in [0.1, 0.15) is 5.75 Å². The first-order chi connectivity index (χ1) is 12.5. The van der Waals surface area contributed by atoms with E-state index in [1.54, 1.807) is 4.57 Å². The van der Waals surface area contributed by atoms with E-state index in [4.69, 9.17) is 4.74 Å². The molecule has 1 heterocycles. The van der Waals surface area contributed by atoms with Crippen molar-refractivity contribution in [2.45, 2.75) is 27.3 Å². The second kappa shape index (κ2) is 7.39. The van der Waals surface area contributed by atoms with Crippen LogP contribution in [-0.2, 0) is 11.3 Å². The fraction of sp³-hybridized carbons (Fsp3) is 0.250. The first-order valence-corrected chi connectivity index (χ1v) is 8.46. The number of fused-ring (bicyclic) bond motifs is 1. The number of aromatic hydroxyl groups is 1. The largest absolute Gasteiger partial charge is 0.493 e. The molecular weight excluding hydrogens is 330 g/mol. The quantitative estimate of drug-likeness (QED) is 0.679. The molecule has 0 aliphatic heterocycles. The van der Waals surface area contributed by atoms with Gasteiger partial charge in [0.25, 0.3) is 0 Å². The van der Waals surface area contributed by atoms with Crippen LogP contribution in [0, 0.1) is 13.8 Å². The summed E-state index contributed by atoms with van der Waals surface area (Å²) in [6, 6.07) is 13.1. The van der Waals surface area contributed by atoms with Gasteiger partial charge in [-0.15, -0.1) is 10.2 Å². The van der Waals surface area contributed by atoms with Crippen LogP contribution in [0.15, 0.2) is 52.7 Å². The number of amides is 1. The van der Waals surface area contributed by atoms with Crippen LogP contribution in [0.3, 0.4) is 0 Å². The SMILES string of the molecule is CCn1c(O)c(N=NC(=O)COc2ccc(C)c(C)c2)c2ccccc21. The minimum absolute atomic E-state index is 0.000303. The van der Waals surface area contributed by atoms with Crippen molar-refractivity contribution in [3.8, 4) is 11.6 Å². The van der Waals surface area contributed by atoms with E-state index in [1.165, 1.54) is 0 Å². The Kier molecular flexibility index (Phi) is 5.02. The molecule has 0 unspecified atom stereocenters. The van der Waals surface area contributed by atoms with Crippen molar-refractivity contribution in [2.75, 3.05) is 6.61 Å². The minimum Gasteiger partial charge on any atom is -0.493 e. The molecule has 1 aromatic heterocycles. The highest BCUT2D eigenvalue weighted by Gasteiger charge is 2.15. The van der Waals surface area contributed by atoms with Gasteiger partial charge >= 0.3 is 5.91 Å². The second-order valence-corrected chi connectivity index (χ2v) is 6.06. The zero-order valence-electron chi connectivity index (χ0n) is 15.1. The Morgan fingerprint density at radius 3 is 2.65 bits per heavy atom. The lowest BCUT2D eigenvalue weighted by Crippen LogP contribution is -2.08. The van der Waals surface area contributed by atoms with E-state index < -0.39 is 5.91 Å². The van der Waals surface area contributed by atoms with E-state index in [1.807, 2.05) is 63.2 Å². The summed E-state index contributed by atoms with van der Waals surface area (Å²) in [6.07, 6.45) is 0. The number of hydrogen-bond donors (Lipinski definition) is 1. The van der Waals surface area contributed by atoms with Gasteiger partial charge in [-0.1, -0.05) is 24.3 Å². The van der Waals surface area contributed by atoms with E-state index in [-0.39, 0.29) is 12.5 Å². The average molecular weight is 351 g/mol. The fourth-order valence-electron chi connectivity index (χ4n) is 2.77. The molecule has 26 heavy (non-hydrogen) atoms. The van der Waals surface area contributed by atoms with E-state index in [9.17, 15) is 9.90 Å². The van der Waals surface area contributed by atoms with Gasteiger partial charge in [-0.2, -0.15) is 0 Å². The van der Waals surface area contributed by atoms with Crippen LogP contribution in [0.5, 0.6) is 11.6 Å². The zero-order valence-corrected chi connectivity index (χ0v) is 15.1. The van der Waals surface area contributed by atoms with Gasteiger partial charge < -0.3 is 14.4 Å². The Hall–Kier alpha value is -3.15. The predicted molar refractivity (Wildman–Crippen MR) is 100 cm³/mol. The van der Waals surface area contributed by atoms with Crippen molar-refractivity contribution in [3.63, 3.8) is 0 Å². The molecule has 0 fully saturated rings. The molecule has 3 rings (SSSR count). The Bertz CT molecular complexity index is 989. The Balaban J connectivity index is 1.75. The number of hydrogen-bond acceptors (Lipinski definition) is 4. The highest BCUT2D eigenvalue weighted by molar-refractivity contribution is 5.95. The molecule has 6 heteroatoms. The molecule has 6 nitrogen and oxygen atoms in total. The Morgan fingerprint density at radius 2 is 1.92 bits per heavy atom. The third-order valence-electron chi connectivity index (χ3n) is 4.34. The molecule has 0 saturated heterocycles. The average Bonchev–Trinajstić information content (AvgIpc) is 2.91. The van der Waals surface area contributed by atoms with Gasteiger partial charge in [0.2, 0.25) is 5.88 Å². The maximum atomic E-state index is 12.0. The Morgan fingerprint density at radius 1 is 1.15 bits per heavy atom. The lowest BCUT2D eigenvalue weighted by atomic mass is 10.1. The minimum atomic E-state index is -0.518. The summed E-state index contributed by atoms with van der Waals surface area (Å²) < 4.78 is 7.19. The number of azo groups is 1. The summed E-state index contributed by atoms with van der Waals surface area (Å²) in [5.41, 5.74) is 3.39. The number of aromatic nitrogens is 1. The van der Waals surface area contributed by atoms with Gasteiger partial charge in [-0.05, 0) is 50.1 Å². The van der Waals surface area contributed by atoms with Crippen LogP contribution < -0.4 is 4.74 Å². The molecule has 134 valence electrons. The number of aryl methyl sites for hydroxylation is 3. The number of para-hydroxylation sites is 1. The lowest BCUT2D eigenvalue weighted by Gasteiger charge is -2.05. The fourth-order valence-corrected chi connectivity index (χ4v) is 2.77. The van der Waals surface area contributed by atoms with Crippen LogP contribution >= 0.6 is 0 Å². The van der Waals surface area contributed by atoms with E-state index in [2.05, 4.69) is 10.2 Å². The molecule has 1 amide bonds. The maximum Gasteiger partial charge on any atom is 0.302 e. The lowest BCUT2D eigenvalue weighted by molar-refractivity contribution is -0.120. The molecule has 1 N–H and O–H groups in total. The summed E-state index contributed by atoms with van der Waals surface area (Å²) in [7, 11) is 0. The molecule has 0 spiro atoms. The van der Waals surface area contributed by atoms with Gasteiger partial charge in [0, 0.05) is 11.9 Å². The van der Waals surface area contributed by atoms with Crippen LogP contribution in [0.2, 0.25) is 0 Å². The van der Waals surface area contributed by atoms with Crippen molar-refractivity contribution in [1.82, 2.24) is 4.57 Å². The summed E-state index contributed by atoms with van der Waals surface area (Å²) >= 11 is 0. The highest BCUT2D eigenvalue weighted by atomic mass is 16.5. The molecule has 0 aliphatic carbocycles. The first-order valence-electron chi connectivity index (χ1n) is 8.46. The monoisotopic (exact) mass is 351 g/mol. The molecule has 0 aliphatic rings. The van der Waals surface area contributed by atoms with Gasteiger partial charge in [-0.25, -0.2) is 0 Å². The number of carbonyl (C=O) groups is 1. The maximum absolute atomic E-state index is 12.0. The highest BCUT2D eigenvalue weighted by Crippen LogP contribution is 2.38. The molecule has 0 saturated carbocycles. The summed E-state index contributed by atoms with van der Waals surface area (Å²) in [6.45, 7) is 6.30. The van der Waals surface area contributed by atoms with Crippen LogP contribution in [-0.4, -0.2) is 22.2 Å². The number of rotatable bonds is 5. The van der Waals surface area contributed by atoms with Crippen LogP contribution in [0.4, 0.5) is 5.69 Å². The number of carbonyl (C=O) groups excluding carboxylic acids is 1. The van der Waals surface area contributed by atoms with E-state index in [0.717, 1.165) is 22.0 Å². The number of benzene rings is 2. The van der Waals surface area contributed by atoms with Crippen molar-refractivity contribution >= 4 is 22.5 Å². The normalized spacial score (nSPS) is 11.3.